The molecule has 0 spiro atoms. The van der Waals surface area contributed by atoms with Crippen LogP contribution in [0.2, 0.25) is 0 Å². The van der Waals surface area contributed by atoms with Gasteiger partial charge in [0.05, 0.1) is 10.2 Å². The van der Waals surface area contributed by atoms with Crippen molar-refractivity contribution < 1.29 is 8.60 Å². The molecule has 0 aromatic heterocycles. The summed E-state index contributed by atoms with van der Waals surface area (Å²) in [6, 6.07) is 4.12. The van der Waals surface area contributed by atoms with Gasteiger partial charge in [-0.3, -0.25) is 10.4 Å². The maximum absolute atomic E-state index is 13.2. The molecule has 1 aromatic rings. The molecule has 8 nitrogen and oxygen atoms in total. The zero-order chi connectivity index (χ0) is 18.6. The fourth-order valence-corrected chi connectivity index (χ4v) is 2.82. The summed E-state index contributed by atoms with van der Waals surface area (Å²) in [6.07, 6.45) is 1.82. The van der Waals surface area contributed by atoms with E-state index in [0.29, 0.717) is 18.8 Å². The highest BCUT2D eigenvalue weighted by Crippen LogP contribution is 2.45. The third kappa shape index (κ3) is 5.66. The van der Waals surface area contributed by atoms with Crippen LogP contribution in [0.3, 0.4) is 0 Å². The van der Waals surface area contributed by atoms with Gasteiger partial charge in [-0.25, -0.2) is 23.5 Å². The van der Waals surface area contributed by atoms with Crippen molar-refractivity contribution >= 4 is 50.2 Å². The summed E-state index contributed by atoms with van der Waals surface area (Å²) in [7, 11) is 0. The number of nitrogens with two attached hydrogens (primary N) is 3. The van der Waals surface area contributed by atoms with Crippen molar-refractivity contribution in [1.82, 2.24) is 4.72 Å². The van der Waals surface area contributed by atoms with Gasteiger partial charge in [-0.2, -0.15) is 0 Å². The molecule has 1 atom stereocenters. The Morgan fingerprint density at radius 1 is 1.40 bits per heavy atom. The van der Waals surface area contributed by atoms with E-state index in [2.05, 4.69) is 30.6 Å². The van der Waals surface area contributed by atoms with Gasteiger partial charge in [0.15, 0.2) is 17.0 Å². The van der Waals surface area contributed by atoms with Gasteiger partial charge in [-0.15, -0.1) is 0 Å². The third-order valence-corrected chi connectivity index (χ3v) is 4.83. The van der Waals surface area contributed by atoms with Crippen LogP contribution in [-0.4, -0.2) is 34.7 Å². The van der Waals surface area contributed by atoms with Gasteiger partial charge >= 0.3 is 0 Å². The first kappa shape index (κ1) is 19.6. The molecule has 1 aromatic carbocycles. The van der Waals surface area contributed by atoms with Crippen LogP contribution in [0.25, 0.3) is 0 Å². The fourth-order valence-electron chi connectivity index (χ4n) is 2.00. The van der Waals surface area contributed by atoms with Crippen LogP contribution in [0.1, 0.15) is 12.8 Å². The summed E-state index contributed by atoms with van der Waals surface area (Å²) in [4.78, 5) is 8.24. The van der Waals surface area contributed by atoms with E-state index in [9.17, 15) is 8.60 Å². The third-order valence-electron chi connectivity index (χ3n) is 3.80. The van der Waals surface area contributed by atoms with E-state index in [1.807, 2.05) is 0 Å². The number of nitrogens with one attached hydrogen (secondary N) is 2. The van der Waals surface area contributed by atoms with E-state index < -0.39 is 17.0 Å². The van der Waals surface area contributed by atoms with Crippen LogP contribution in [0, 0.1) is 16.6 Å². The molecule has 25 heavy (non-hydrogen) atoms. The number of benzene rings is 1. The second kappa shape index (κ2) is 8.13. The fraction of sp³-hybridized carbons (Fsp3) is 0.357. The number of rotatable bonds is 8. The molecule has 1 fully saturated rings. The van der Waals surface area contributed by atoms with Gasteiger partial charge in [-0.1, -0.05) is 0 Å². The zero-order valence-electron chi connectivity index (χ0n) is 13.3. The SMILES string of the molecule is N=C(C(N)=NCC1(CNS(N)=O)CC1)C(N)=Nc1ccc(F)c(Br)c1. The lowest BCUT2D eigenvalue weighted by Gasteiger charge is -2.12. The lowest BCUT2D eigenvalue weighted by atomic mass is 10.1. The smallest absolute Gasteiger partial charge is 0.164 e. The van der Waals surface area contributed by atoms with E-state index in [1.165, 1.54) is 18.2 Å². The van der Waals surface area contributed by atoms with Gasteiger partial charge in [0.1, 0.15) is 17.4 Å². The average Bonchev–Trinajstić information content (AvgIpc) is 3.34. The first-order valence-corrected chi connectivity index (χ1v) is 9.31. The van der Waals surface area contributed by atoms with Crippen LogP contribution in [0.15, 0.2) is 32.7 Å². The highest BCUT2D eigenvalue weighted by molar-refractivity contribution is 9.10. The lowest BCUT2D eigenvalue weighted by Crippen LogP contribution is -2.36. The van der Waals surface area contributed by atoms with Crippen molar-refractivity contribution in [3.05, 3.63) is 28.5 Å². The maximum atomic E-state index is 13.2. The molecule has 8 N–H and O–H groups in total. The quantitative estimate of drug-likeness (QED) is 0.306. The Hall–Kier alpha value is -1.69. The average molecular weight is 432 g/mol. The van der Waals surface area contributed by atoms with Crippen molar-refractivity contribution in [3.63, 3.8) is 0 Å². The largest absolute Gasteiger partial charge is 0.382 e. The molecular weight excluding hydrogens is 413 g/mol. The molecule has 1 aliphatic rings. The van der Waals surface area contributed by atoms with E-state index in [-0.39, 0.29) is 27.3 Å². The van der Waals surface area contributed by atoms with Crippen molar-refractivity contribution in [2.45, 2.75) is 12.8 Å². The van der Waals surface area contributed by atoms with Crippen LogP contribution < -0.4 is 21.3 Å². The molecule has 0 radical (unpaired) electrons. The minimum absolute atomic E-state index is 0.0393. The molecule has 0 amide bonds. The molecule has 0 heterocycles. The van der Waals surface area contributed by atoms with E-state index in [4.69, 9.17) is 22.0 Å². The Morgan fingerprint density at radius 3 is 2.64 bits per heavy atom. The molecule has 136 valence electrons. The summed E-state index contributed by atoms with van der Waals surface area (Å²) in [5.74, 6) is -0.580. The minimum Gasteiger partial charge on any atom is -0.382 e. The van der Waals surface area contributed by atoms with Gasteiger partial charge in [-0.05, 0) is 47.0 Å². The van der Waals surface area contributed by atoms with Crippen LogP contribution >= 0.6 is 15.9 Å². The van der Waals surface area contributed by atoms with E-state index in [1.54, 1.807) is 0 Å². The second-order valence-electron chi connectivity index (χ2n) is 5.79. The number of amidine groups is 2. The first-order chi connectivity index (χ1) is 11.7. The molecule has 1 unspecified atom stereocenters. The van der Waals surface area contributed by atoms with Crippen LogP contribution in [-0.2, 0) is 11.2 Å². The van der Waals surface area contributed by atoms with Crippen LogP contribution in [0.5, 0.6) is 0 Å². The Labute approximate surface area is 155 Å². The summed E-state index contributed by atoms with van der Waals surface area (Å²) in [5.41, 5.74) is 11.6. The highest BCUT2D eigenvalue weighted by Gasteiger charge is 2.42. The number of hydrogen-bond acceptors (Lipinski definition) is 4. The minimum atomic E-state index is -1.57. The van der Waals surface area contributed by atoms with Gasteiger partial charge in [0, 0.05) is 18.5 Å². The monoisotopic (exact) mass is 431 g/mol. The Morgan fingerprint density at radius 2 is 2.08 bits per heavy atom. The highest BCUT2D eigenvalue weighted by atomic mass is 79.9. The Kier molecular flexibility index (Phi) is 6.38. The normalized spacial score (nSPS) is 18.0. The van der Waals surface area contributed by atoms with Crippen molar-refractivity contribution in [2.24, 2.45) is 32.0 Å². The topological polar surface area (TPSA) is 156 Å². The van der Waals surface area contributed by atoms with E-state index >= 15 is 0 Å². The van der Waals surface area contributed by atoms with Gasteiger partial charge in [0.2, 0.25) is 0 Å². The van der Waals surface area contributed by atoms with Crippen molar-refractivity contribution in [2.75, 3.05) is 13.1 Å². The van der Waals surface area contributed by atoms with Gasteiger partial charge < -0.3 is 11.5 Å². The van der Waals surface area contributed by atoms with Gasteiger partial charge in [0.25, 0.3) is 0 Å². The number of aliphatic imine (C=N–C) groups is 2. The summed E-state index contributed by atoms with van der Waals surface area (Å²) in [6.45, 7) is 0.841. The number of halogens is 2. The lowest BCUT2D eigenvalue weighted by molar-refractivity contribution is 0.517. The number of hydrogen-bond donors (Lipinski definition) is 5. The van der Waals surface area contributed by atoms with E-state index in [0.717, 1.165) is 12.8 Å². The molecule has 11 heteroatoms. The van der Waals surface area contributed by atoms with Crippen molar-refractivity contribution in [3.8, 4) is 0 Å². The standard InChI is InChI=1S/C14H19BrFN7OS/c15-9-5-8(1-2-10(9)16)23-13(19)11(17)12(18)21-6-14(3-4-14)7-22-25(20)24/h1-2,5,17,22H,3-4,6-7,20H2,(H2,18,21)(H2,19,23). The predicted molar refractivity (Wildman–Crippen MR) is 102 cm³/mol. The summed E-state index contributed by atoms with van der Waals surface area (Å²) in [5, 5.41) is 13.1. The second-order valence-corrected chi connectivity index (χ2v) is 7.53. The van der Waals surface area contributed by atoms with Crippen molar-refractivity contribution in [1.29, 1.82) is 5.41 Å². The van der Waals surface area contributed by atoms with Crippen LogP contribution in [0.4, 0.5) is 10.1 Å². The summed E-state index contributed by atoms with van der Waals surface area (Å²) < 4.78 is 27.0. The molecule has 0 saturated heterocycles. The molecule has 1 aliphatic carbocycles. The predicted octanol–water partition coefficient (Wildman–Crippen LogP) is 0.861. The summed E-state index contributed by atoms with van der Waals surface area (Å²) >= 11 is 1.49. The molecular formula is C14H19BrFN7OS. The molecule has 2 rings (SSSR count). The number of nitrogens with zero attached hydrogens (tertiary/aromatic N) is 2. The first-order valence-electron chi connectivity index (χ1n) is 7.30. The Balaban J connectivity index is 2.01. The Bertz CT molecular complexity index is 764. The molecule has 0 bridgehead atoms. The zero-order valence-corrected chi connectivity index (χ0v) is 15.7. The maximum Gasteiger partial charge on any atom is 0.164 e. The molecule has 1 saturated carbocycles. The molecule has 0 aliphatic heterocycles.